The molecule has 0 heterocycles. The number of ether oxygens (including phenoxy) is 1. The van der Waals surface area contributed by atoms with Gasteiger partial charge in [0.2, 0.25) is 0 Å². The van der Waals surface area contributed by atoms with Gasteiger partial charge in [0.05, 0.1) is 11.7 Å². The van der Waals surface area contributed by atoms with Crippen molar-refractivity contribution in [2.45, 2.75) is 58.7 Å². The van der Waals surface area contributed by atoms with Crippen LogP contribution in [0.1, 0.15) is 47.0 Å². The van der Waals surface area contributed by atoms with Gasteiger partial charge in [-0.05, 0) is 33.6 Å². The molecule has 1 atom stereocenters. The van der Waals surface area contributed by atoms with Crippen molar-refractivity contribution in [2.75, 3.05) is 0 Å². The minimum atomic E-state index is -0.0163. The fourth-order valence-electron chi connectivity index (χ4n) is 1.08. The van der Waals surface area contributed by atoms with Crippen molar-refractivity contribution in [3.8, 4) is 0 Å². The minimum Gasteiger partial charge on any atom is -0.373 e. The van der Waals surface area contributed by atoms with E-state index in [0.29, 0.717) is 6.10 Å². The van der Waals surface area contributed by atoms with Gasteiger partial charge in [-0.25, -0.2) is 0 Å². The van der Waals surface area contributed by atoms with Gasteiger partial charge >= 0.3 is 0 Å². The molecule has 0 bridgehead atoms. The molecule has 11 heavy (non-hydrogen) atoms. The van der Waals surface area contributed by atoms with Gasteiger partial charge in [-0.1, -0.05) is 20.3 Å². The van der Waals surface area contributed by atoms with Gasteiger partial charge in [0.15, 0.2) is 0 Å². The molecule has 1 heteroatoms. The summed E-state index contributed by atoms with van der Waals surface area (Å²) in [6.07, 6.45) is 3.53. The third kappa shape index (κ3) is 6.36. The minimum absolute atomic E-state index is 0.0163. The van der Waals surface area contributed by atoms with Gasteiger partial charge < -0.3 is 4.74 Å². The molecule has 0 spiro atoms. The van der Waals surface area contributed by atoms with Gasteiger partial charge in [-0.15, -0.1) is 0 Å². The Labute approximate surface area is 71.1 Å². The van der Waals surface area contributed by atoms with Crippen LogP contribution in [0.15, 0.2) is 0 Å². The van der Waals surface area contributed by atoms with Crippen LogP contribution in [-0.2, 0) is 4.74 Å². The van der Waals surface area contributed by atoms with Crippen LogP contribution in [0.4, 0.5) is 0 Å². The number of hydrogen-bond donors (Lipinski definition) is 0. The van der Waals surface area contributed by atoms with E-state index >= 15 is 0 Å². The normalized spacial score (nSPS) is 15.0. The van der Waals surface area contributed by atoms with Crippen LogP contribution >= 0.6 is 0 Å². The SMILES string of the molecule is [CH2]CC(CCC)OC(C)(C)C. The summed E-state index contributed by atoms with van der Waals surface area (Å²) < 4.78 is 5.76. The van der Waals surface area contributed by atoms with Crippen LogP contribution in [0.25, 0.3) is 0 Å². The van der Waals surface area contributed by atoms with E-state index in [1.165, 1.54) is 6.42 Å². The molecule has 0 aromatic heterocycles. The van der Waals surface area contributed by atoms with Crippen molar-refractivity contribution in [1.82, 2.24) is 0 Å². The quantitative estimate of drug-likeness (QED) is 0.609. The van der Waals surface area contributed by atoms with Crippen molar-refractivity contribution in [3.63, 3.8) is 0 Å². The molecule has 1 unspecified atom stereocenters. The molecule has 0 saturated carbocycles. The maximum Gasteiger partial charge on any atom is 0.0602 e. The fourth-order valence-corrected chi connectivity index (χ4v) is 1.08. The second-order valence-electron chi connectivity index (χ2n) is 3.93. The molecule has 0 saturated heterocycles. The zero-order chi connectivity index (χ0) is 8.91. The molecule has 0 aliphatic carbocycles. The third-order valence-corrected chi connectivity index (χ3v) is 1.45. The van der Waals surface area contributed by atoms with E-state index in [4.69, 9.17) is 4.74 Å². The molecular weight excluding hydrogens is 136 g/mol. The van der Waals surface area contributed by atoms with Crippen LogP contribution in [-0.4, -0.2) is 11.7 Å². The summed E-state index contributed by atoms with van der Waals surface area (Å²) in [6, 6.07) is 0. The summed E-state index contributed by atoms with van der Waals surface area (Å²) in [6.45, 7) is 12.3. The maximum atomic E-state index is 5.76. The fraction of sp³-hybridized carbons (Fsp3) is 0.900. The van der Waals surface area contributed by atoms with Crippen LogP contribution in [0.5, 0.6) is 0 Å². The summed E-state index contributed by atoms with van der Waals surface area (Å²) in [5.41, 5.74) is -0.0163. The van der Waals surface area contributed by atoms with Crippen LogP contribution in [0.2, 0.25) is 0 Å². The largest absolute Gasteiger partial charge is 0.373 e. The van der Waals surface area contributed by atoms with E-state index in [0.717, 1.165) is 12.8 Å². The van der Waals surface area contributed by atoms with Crippen LogP contribution in [0, 0.1) is 6.92 Å². The van der Waals surface area contributed by atoms with Crippen molar-refractivity contribution < 1.29 is 4.74 Å². The van der Waals surface area contributed by atoms with E-state index < -0.39 is 0 Å². The van der Waals surface area contributed by atoms with E-state index in [-0.39, 0.29) is 5.60 Å². The highest BCUT2D eigenvalue weighted by Gasteiger charge is 2.16. The number of rotatable bonds is 4. The summed E-state index contributed by atoms with van der Waals surface area (Å²) in [7, 11) is 0. The molecule has 1 nitrogen and oxygen atoms in total. The maximum absolute atomic E-state index is 5.76. The Morgan fingerprint density at radius 3 is 2.18 bits per heavy atom. The van der Waals surface area contributed by atoms with Gasteiger partial charge in [-0.2, -0.15) is 0 Å². The first kappa shape index (κ1) is 11.0. The first-order valence-corrected chi connectivity index (χ1v) is 4.46. The first-order valence-electron chi connectivity index (χ1n) is 4.46. The molecule has 0 amide bonds. The highest BCUT2D eigenvalue weighted by Crippen LogP contribution is 2.16. The van der Waals surface area contributed by atoms with E-state index in [2.05, 4.69) is 34.6 Å². The van der Waals surface area contributed by atoms with Crippen LogP contribution in [0.3, 0.4) is 0 Å². The first-order chi connectivity index (χ1) is 4.99. The Morgan fingerprint density at radius 2 is 1.91 bits per heavy atom. The second kappa shape index (κ2) is 4.76. The van der Waals surface area contributed by atoms with Crippen molar-refractivity contribution in [1.29, 1.82) is 0 Å². The molecule has 0 rings (SSSR count). The lowest BCUT2D eigenvalue weighted by Gasteiger charge is -2.26. The molecule has 1 radical (unpaired) electrons. The Hall–Kier alpha value is -0.0400. The van der Waals surface area contributed by atoms with Crippen molar-refractivity contribution in [2.24, 2.45) is 0 Å². The predicted molar refractivity (Wildman–Crippen MR) is 49.5 cm³/mol. The highest BCUT2D eigenvalue weighted by atomic mass is 16.5. The topological polar surface area (TPSA) is 9.23 Å². The summed E-state index contributed by atoms with van der Waals surface area (Å²) in [5, 5.41) is 0. The van der Waals surface area contributed by atoms with Crippen molar-refractivity contribution in [3.05, 3.63) is 6.92 Å². The lowest BCUT2D eigenvalue weighted by atomic mass is 10.1. The molecule has 0 aliphatic heterocycles. The zero-order valence-corrected chi connectivity index (χ0v) is 8.31. The second-order valence-corrected chi connectivity index (χ2v) is 3.93. The van der Waals surface area contributed by atoms with Gasteiger partial charge in [0.25, 0.3) is 0 Å². The highest BCUT2D eigenvalue weighted by molar-refractivity contribution is 4.66. The average Bonchev–Trinajstić information content (AvgIpc) is 1.84. The molecule has 0 aliphatic rings. The Bertz CT molecular complexity index is 91.5. The molecular formula is C10H21O. The molecule has 0 fully saturated rings. The predicted octanol–water partition coefficient (Wildman–Crippen LogP) is 3.19. The van der Waals surface area contributed by atoms with Crippen molar-refractivity contribution >= 4 is 0 Å². The molecule has 67 valence electrons. The van der Waals surface area contributed by atoms with E-state index in [9.17, 15) is 0 Å². The molecule has 0 N–H and O–H groups in total. The smallest absolute Gasteiger partial charge is 0.0602 e. The van der Waals surface area contributed by atoms with Crippen LogP contribution < -0.4 is 0 Å². The zero-order valence-electron chi connectivity index (χ0n) is 8.31. The van der Waals surface area contributed by atoms with Gasteiger partial charge in [-0.3, -0.25) is 0 Å². The third-order valence-electron chi connectivity index (χ3n) is 1.45. The summed E-state index contributed by atoms with van der Waals surface area (Å²) in [5.74, 6) is 0. The Kier molecular flexibility index (Phi) is 4.74. The summed E-state index contributed by atoms with van der Waals surface area (Å²) >= 11 is 0. The van der Waals surface area contributed by atoms with Gasteiger partial charge in [0.1, 0.15) is 0 Å². The monoisotopic (exact) mass is 157 g/mol. The average molecular weight is 157 g/mol. The molecule has 0 aromatic rings. The Balaban J connectivity index is 3.68. The molecule has 0 aromatic carbocycles. The van der Waals surface area contributed by atoms with E-state index in [1.807, 2.05) is 0 Å². The van der Waals surface area contributed by atoms with E-state index in [1.54, 1.807) is 0 Å². The number of hydrogen-bond acceptors (Lipinski definition) is 1. The lowest BCUT2D eigenvalue weighted by Crippen LogP contribution is -2.26. The summed E-state index contributed by atoms with van der Waals surface area (Å²) in [4.78, 5) is 0. The lowest BCUT2D eigenvalue weighted by molar-refractivity contribution is -0.0617. The van der Waals surface area contributed by atoms with Gasteiger partial charge in [0, 0.05) is 0 Å². The Morgan fingerprint density at radius 1 is 1.36 bits per heavy atom. The standard InChI is InChI=1S/C10H21O/c1-6-8-9(7-2)11-10(3,4)5/h9H,2,6-8H2,1,3-5H3.